The number of nitrogen functional groups attached to an aromatic ring is 1. The van der Waals surface area contributed by atoms with E-state index in [9.17, 15) is 8.78 Å². The molecular weight excluding hydrogens is 194 g/mol. The van der Waals surface area contributed by atoms with Crippen LogP contribution >= 0.6 is 0 Å². The van der Waals surface area contributed by atoms with Crippen LogP contribution in [0.4, 0.5) is 14.6 Å². The van der Waals surface area contributed by atoms with Crippen LogP contribution in [-0.2, 0) is 0 Å². The fourth-order valence-electron chi connectivity index (χ4n) is 1.05. The quantitative estimate of drug-likeness (QED) is 0.812. The molecule has 0 aliphatic heterocycles. The van der Waals surface area contributed by atoms with E-state index in [-0.39, 0.29) is 17.3 Å². The number of methoxy groups -OCH3 is 2. The molecule has 1 aromatic heterocycles. The van der Waals surface area contributed by atoms with Gasteiger partial charge in [0.1, 0.15) is 5.82 Å². The van der Waals surface area contributed by atoms with Crippen molar-refractivity contribution in [2.75, 3.05) is 20.0 Å². The molecule has 0 aliphatic carbocycles. The Bertz CT molecular complexity index is 331. The highest BCUT2D eigenvalue weighted by atomic mass is 19.3. The maximum Gasteiger partial charge on any atom is 0.284 e. The Hall–Kier alpha value is -1.59. The number of hydrogen-bond donors (Lipinski definition) is 1. The number of anilines is 1. The average Bonchev–Trinajstić information content (AvgIpc) is 2.16. The van der Waals surface area contributed by atoms with E-state index in [1.54, 1.807) is 0 Å². The standard InChI is InChI=1S/C8H10F2N2O2/c1-13-4-3-5(11)12-6(8(9)10)7(4)14-2/h3,8H,1-2H3,(H2,11,12). The van der Waals surface area contributed by atoms with Crippen molar-refractivity contribution in [3.05, 3.63) is 11.8 Å². The van der Waals surface area contributed by atoms with Gasteiger partial charge >= 0.3 is 0 Å². The second-order valence-corrected chi connectivity index (χ2v) is 2.47. The van der Waals surface area contributed by atoms with Crippen LogP contribution in [0.5, 0.6) is 11.5 Å². The summed E-state index contributed by atoms with van der Waals surface area (Å²) in [7, 11) is 2.61. The van der Waals surface area contributed by atoms with E-state index >= 15 is 0 Å². The number of nitrogens with two attached hydrogens (primary N) is 1. The smallest absolute Gasteiger partial charge is 0.284 e. The molecule has 0 unspecified atom stereocenters. The van der Waals surface area contributed by atoms with Crippen LogP contribution < -0.4 is 15.2 Å². The van der Waals surface area contributed by atoms with Gasteiger partial charge < -0.3 is 15.2 Å². The van der Waals surface area contributed by atoms with E-state index in [4.69, 9.17) is 15.2 Å². The Morgan fingerprint density at radius 2 is 2.00 bits per heavy atom. The summed E-state index contributed by atoms with van der Waals surface area (Å²) < 4.78 is 34.5. The molecule has 0 aliphatic rings. The van der Waals surface area contributed by atoms with Gasteiger partial charge in [-0.1, -0.05) is 0 Å². The van der Waals surface area contributed by atoms with Crippen LogP contribution in [0.15, 0.2) is 6.07 Å². The zero-order valence-corrected chi connectivity index (χ0v) is 7.75. The fourth-order valence-corrected chi connectivity index (χ4v) is 1.05. The molecule has 0 saturated heterocycles. The highest BCUT2D eigenvalue weighted by Gasteiger charge is 2.20. The second kappa shape index (κ2) is 4.08. The van der Waals surface area contributed by atoms with Gasteiger partial charge in [-0.05, 0) is 0 Å². The molecule has 4 nitrogen and oxygen atoms in total. The molecule has 0 atom stereocenters. The number of ether oxygens (including phenoxy) is 2. The highest BCUT2D eigenvalue weighted by molar-refractivity contribution is 5.50. The third-order valence-corrected chi connectivity index (χ3v) is 1.62. The molecule has 0 amide bonds. The molecule has 14 heavy (non-hydrogen) atoms. The molecule has 2 N–H and O–H groups in total. The highest BCUT2D eigenvalue weighted by Crippen LogP contribution is 2.36. The number of pyridine rings is 1. The average molecular weight is 204 g/mol. The van der Waals surface area contributed by atoms with Gasteiger partial charge in [0, 0.05) is 6.07 Å². The first-order valence-corrected chi connectivity index (χ1v) is 3.76. The normalized spacial score (nSPS) is 10.4. The summed E-state index contributed by atoms with van der Waals surface area (Å²) in [6, 6.07) is 1.32. The predicted octanol–water partition coefficient (Wildman–Crippen LogP) is 1.62. The number of alkyl halides is 2. The Balaban J connectivity index is 3.31. The lowest BCUT2D eigenvalue weighted by molar-refractivity contribution is 0.140. The van der Waals surface area contributed by atoms with Gasteiger partial charge in [-0.15, -0.1) is 0 Å². The molecule has 78 valence electrons. The fraction of sp³-hybridized carbons (Fsp3) is 0.375. The van der Waals surface area contributed by atoms with Crippen LogP contribution in [0.3, 0.4) is 0 Å². The van der Waals surface area contributed by atoms with Crippen molar-refractivity contribution in [1.29, 1.82) is 0 Å². The van der Waals surface area contributed by atoms with Gasteiger partial charge in [-0.3, -0.25) is 0 Å². The van der Waals surface area contributed by atoms with Gasteiger partial charge in [0.2, 0.25) is 0 Å². The van der Waals surface area contributed by atoms with Crippen LogP contribution in [-0.4, -0.2) is 19.2 Å². The van der Waals surface area contributed by atoms with Crippen LogP contribution in [0, 0.1) is 0 Å². The van der Waals surface area contributed by atoms with Crippen LogP contribution in [0.25, 0.3) is 0 Å². The molecule has 1 heterocycles. The van der Waals surface area contributed by atoms with Gasteiger partial charge in [0.15, 0.2) is 17.2 Å². The molecule has 6 heteroatoms. The molecule has 0 saturated carbocycles. The zero-order valence-electron chi connectivity index (χ0n) is 7.75. The number of aromatic nitrogens is 1. The SMILES string of the molecule is COc1cc(N)nc(C(F)F)c1OC. The van der Waals surface area contributed by atoms with E-state index in [1.807, 2.05) is 0 Å². The van der Waals surface area contributed by atoms with Gasteiger partial charge in [-0.25, -0.2) is 13.8 Å². The van der Waals surface area contributed by atoms with Crippen molar-refractivity contribution in [3.8, 4) is 11.5 Å². The monoisotopic (exact) mass is 204 g/mol. The van der Waals surface area contributed by atoms with E-state index in [1.165, 1.54) is 20.3 Å². The molecule has 1 aromatic rings. The lowest BCUT2D eigenvalue weighted by Gasteiger charge is -2.11. The predicted molar refractivity (Wildman–Crippen MR) is 46.7 cm³/mol. The summed E-state index contributed by atoms with van der Waals surface area (Å²) >= 11 is 0. The second-order valence-electron chi connectivity index (χ2n) is 2.47. The van der Waals surface area contributed by atoms with Crippen molar-refractivity contribution >= 4 is 5.82 Å². The Kier molecular flexibility index (Phi) is 3.06. The first kappa shape index (κ1) is 10.5. The zero-order chi connectivity index (χ0) is 10.7. The lowest BCUT2D eigenvalue weighted by atomic mass is 10.3. The van der Waals surface area contributed by atoms with Gasteiger partial charge in [-0.2, -0.15) is 0 Å². The minimum atomic E-state index is -2.75. The van der Waals surface area contributed by atoms with E-state index < -0.39 is 12.1 Å². The Morgan fingerprint density at radius 3 is 2.43 bits per heavy atom. The van der Waals surface area contributed by atoms with Crippen molar-refractivity contribution in [2.24, 2.45) is 0 Å². The number of nitrogens with zero attached hydrogens (tertiary/aromatic N) is 1. The van der Waals surface area contributed by atoms with Crippen LogP contribution in [0.2, 0.25) is 0 Å². The summed E-state index contributed by atoms with van der Waals surface area (Å²) in [5.74, 6) is 0.0324. The van der Waals surface area contributed by atoms with E-state index in [0.717, 1.165) is 0 Å². The Labute approximate surface area is 79.6 Å². The maximum absolute atomic E-state index is 12.5. The number of hydrogen-bond acceptors (Lipinski definition) is 4. The Morgan fingerprint density at radius 1 is 1.36 bits per heavy atom. The molecule has 0 spiro atoms. The molecule has 0 radical (unpaired) electrons. The van der Waals surface area contributed by atoms with E-state index in [0.29, 0.717) is 0 Å². The number of halogens is 2. The van der Waals surface area contributed by atoms with E-state index in [2.05, 4.69) is 4.98 Å². The third kappa shape index (κ3) is 1.84. The van der Waals surface area contributed by atoms with Crippen LogP contribution in [0.1, 0.15) is 12.1 Å². The summed E-state index contributed by atoms with van der Waals surface area (Å²) in [6.45, 7) is 0. The van der Waals surface area contributed by atoms with Gasteiger partial charge in [0.05, 0.1) is 14.2 Å². The summed E-state index contributed by atoms with van der Waals surface area (Å²) in [4.78, 5) is 3.47. The first-order valence-electron chi connectivity index (χ1n) is 3.76. The van der Waals surface area contributed by atoms with Gasteiger partial charge in [0.25, 0.3) is 6.43 Å². The topological polar surface area (TPSA) is 57.4 Å². The largest absolute Gasteiger partial charge is 0.493 e. The minimum absolute atomic E-state index is 0.0297. The van der Waals surface area contributed by atoms with Crippen molar-refractivity contribution in [2.45, 2.75) is 6.43 Å². The molecule has 1 rings (SSSR count). The summed E-state index contributed by atoms with van der Waals surface area (Å²) in [5.41, 5.74) is 4.81. The molecule has 0 fully saturated rings. The van der Waals surface area contributed by atoms with Crippen molar-refractivity contribution in [3.63, 3.8) is 0 Å². The van der Waals surface area contributed by atoms with Crippen molar-refractivity contribution in [1.82, 2.24) is 4.98 Å². The summed E-state index contributed by atoms with van der Waals surface area (Å²) in [5, 5.41) is 0. The first-order chi connectivity index (χ1) is 6.60. The third-order valence-electron chi connectivity index (χ3n) is 1.62. The van der Waals surface area contributed by atoms with Crippen molar-refractivity contribution < 1.29 is 18.3 Å². The molecule has 0 aromatic carbocycles. The molecular formula is C8H10F2N2O2. The minimum Gasteiger partial charge on any atom is -0.493 e. The molecule has 0 bridgehead atoms. The summed E-state index contributed by atoms with van der Waals surface area (Å²) in [6.07, 6.45) is -2.75. The number of rotatable bonds is 3. The lowest BCUT2D eigenvalue weighted by Crippen LogP contribution is -2.02. The maximum atomic E-state index is 12.5.